The van der Waals surface area contributed by atoms with Crippen LogP contribution in [0.25, 0.3) is 11.1 Å². The predicted molar refractivity (Wildman–Crippen MR) is 208 cm³/mol. The fraction of sp³-hybridized carbons (Fsp3) is 0.550. The van der Waals surface area contributed by atoms with Crippen LogP contribution >= 0.6 is 0 Å². The number of piperidine rings is 2. The summed E-state index contributed by atoms with van der Waals surface area (Å²) in [5.41, 5.74) is -3.93. The van der Waals surface area contributed by atoms with Gasteiger partial charge in [0.25, 0.3) is 0 Å². The highest BCUT2D eigenvalue weighted by molar-refractivity contribution is 7.83. The minimum Gasteiger partial charge on any atom is -0.481 e. The normalized spacial score (nSPS) is 33.1. The molecule has 6 rings (SSSR count). The number of fused-ring (bicyclic) bond motifs is 4. The molecule has 2 saturated carbocycles. The van der Waals surface area contributed by atoms with Crippen molar-refractivity contribution in [2.24, 2.45) is 32.5 Å². The number of hydrogen-bond acceptors (Lipinski definition) is 8. The van der Waals surface area contributed by atoms with Gasteiger partial charge in [0.15, 0.2) is 0 Å². The third-order valence-electron chi connectivity index (χ3n) is 11.2. The molecule has 2 aliphatic carbocycles. The van der Waals surface area contributed by atoms with Crippen LogP contribution < -0.4 is 9.80 Å². The van der Waals surface area contributed by atoms with Crippen LogP contribution in [0.5, 0.6) is 0 Å². The molecule has 2 saturated heterocycles. The first kappa shape index (κ1) is 42.7. The molecule has 294 valence electrons. The van der Waals surface area contributed by atoms with E-state index in [9.17, 15) is 47.4 Å². The summed E-state index contributed by atoms with van der Waals surface area (Å²) in [7, 11) is -1.22. The highest BCUT2D eigenvalue weighted by Crippen LogP contribution is 2.60. The summed E-state index contributed by atoms with van der Waals surface area (Å²) in [5.74, 6) is -3.60. The van der Waals surface area contributed by atoms with Gasteiger partial charge in [-0.2, -0.15) is 0 Å². The number of rotatable bonds is 5. The summed E-state index contributed by atoms with van der Waals surface area (Å²) in [6.45, 7) is 10.2. The number of carboxylic acid groups (broad SMARTS) is 2. The second-order valence-corrected chi connectivity index (χ2v) is 20.5. The summed E-state index contributed by atoms with van der Waals surface area (Å²) in [6.07, 6.45) is 7.77. The lowest BCUT2D eigenvalue weighted by Crippen LogP contribution is -2.64. The third kappa shape index (κ3) is 7.87. The van der Waals surface area contributed by atoms with Crippen LogP contribution in [-0.4, -0.2) is 79.2 Å². The molecule has 6 atom stereocenters. The van der Waals surface area contributed by atoms with Crippen molar-refractivity contribution in [3.63, 3.8) is 0 Å². The van der Waals surface area contributed by atoms with Gasteiger partial charge in [0, 0.05) is 68.3 Å². The molecule has 14 heteroatoms. The van der Waals surface area contributed by atoms with E-state index < -0.39 is 89.7 Å². The smallest absolute Gasteiger partial charge is 0.309 e. The Labute approximate surface area is 322 Å². The summed E-state index contributed by atoms with van der Waals surface area (Å²) in [4.78, 5) is 81.5. The summed E-state index contributed by atoms with van der Waals surface area (Å²) in [5, 5.41) is 19.8. The number of aliphatic carboxylic acids is 2. The summed E-state index contributed by atoms with van der Waals surface area (Å²) < 4.78 is 19.1. The lowest BCUT2D eigenvalue weighted by atomic mass is 9.51. The van der Waals surface area contributed by atoms with Gasteiger partial charge in [0.1, 0.15) is 0 Å². The van der Waals surface area contributed by atoms with Crippen LogP contribution in [0.4, 0.5) is 11.4 Å². The molecule has 4 fully saturated rings. The van der Waals surface area contributed by atoms with Gasteiger partial charge in [0.2, 0.25) is 23.6 Å². The van der Waals surface area contributed by atoms with Crippen molar-refractivity contribution < 1.29 is 47.4 Å². The molecule has 2 aromatic rings. The zero-order valence-electron chi connectivity index (χ0n) is 32.7. The first-order valence-electron chi connectivity index (χ1n) is 17.6. The Balaban J connectivity index is 0.000000740. The van der Waals surface area contributed by atoms with Gasteiger partial charge in [0.05, 0.1) is 22.2 Å². The number of carbonyl (C=O) groups is 6. The fourth-order valence-electron chi connectivity index (χ4n) is 9.79. The Morgan fingerprint density at radius 1 is 0.481 bits per heavy atom. The van der Waals surface area contributed by atoms with Crippen LogP contribution in [0, 0.1) is 32.5 Å². The minimum absolute atomic E-state index is 0.150. The van der Waals surface area contributed by atoms with Gasteiger partial charge in [-0.05, 0) is 87.8 Å². The highest BCUT2D eigenvalue weighted by Gasteiger charge is 2.65. The molecule has 2 N–H and O–H groups in total. The van der Waals surface area contributed by atoms with Crippen LogP contribution in [0.2, 0.25) is 0 Å². The van der Waals surface area contributed by atoms with Gasteiger partial charge in [-0.25, -0.2) is 9.80 Å². The molecule has 2 aliphatic heterocycles. The molecule has 54 heavy (non-hydrogen) atoms. The van der Waals surface area contributed by atoms with Gasteiger partial charge in [-0.3, -0.25) is 37.2 Å². The molecular formula is C40H52N2O10S2. The number of carbonyl (C=O) groups excluding carboxylic acids is 4. The Morgan fingerprint density at radius 2 is 0.685 bits per heavy atom. The van der Waals surface area contributed by atoms with E-state index in [0.717, 1.165) is 11.1 Å². The average Bonchev–Trinajstić information content (AvgIpc) is 3.03. The van der Waals surface area contributed by atoms with Crippen molar-refractivity contribution in [3.8, 4) is 11.1 Å². The molecule has 2 heterocycles. The Bertz CT molecular complexity index is 1740. The number of carboxylic acids is 2. The summed E-state index contributed by atoms with van der Waals surface area (Å²) >= 11 is 0. The second kappa shape index (κ2) is 14.6. The van der Waals surface area contributed by atoms with Crippen LogP contribution in [0.3, 0.4) is 0 Å². The van der Waals surface area contributed by atoms with Gasteiger partial charge >= 0.3 is 11.9 Å². The topological polar surface area (TPSA) is 184 Å². The van der Waals surface area contributed by atoms with E-state index in [2.05, 4.69) is 0 Å². The molecule has 4 bridgehead atoms. The van der Waals surface area contributed by atoms with Crippen molar-refractivity contribution in [1.82, 2.24) is 0 Å². The molecule has 0 radical (unpaired) electrons. The number of imide groups is 2. The number of benzene rings is 2. The first-order chi connectivity index (χ1) is 24.7. The van der Waals surface area contributed by atoms with Crippen molar-refractivity contribution >= 4 is 68.5 Å². The molecule has 2 aromatic carbocycles. The van der Waals surface area contributed by atoms with Gasteiger partial charge in [-0.15, -0.1) is 0 Å². The van der Waals surface area contributed by atoms with Crippen LogP contribution in [-0.2, 0) is 50.4 Å². The average molecular weight is 785 g/mol. The quantitative estimate of drug-likeness (QED) is 0.359. The first-order valence-corrected chi connectivity index (χ1v) is 21.5. The van der Waals surface area contributed by atoms with E-state index in [1.54, 1.807) is 115 Å². The maximum atomic E-state index is 13.7. The maximum Gasteiger partial charge on any atom is 0.309 e. The van der Waals surface area contributed by atoms with Crippen molar-refractivity contribution in [2.75, 3.05) is 34.8 Å². The number of amides is 4. The molecule has 0 spiro atoms. The number of hydrogen-bond donors (Lipinski definition) is 2. The Morgan fingerprint density at radius 3 is 0.870 bits per heavy atom. The van der Waals surface area contributed by atoms with E-state index in [1.165, 1.54) is 9.80 Å². The largest absolute Gasteiger partial charge is 0.481 e. The van der Waals surface area contributed by atoms with Crippen molar-refractivity contribution in [2.45, 2.75) is 80.1 Å². The lowest BCUT2D eigenvalue weighted by Gasteiger charge is -2.55. The van der Waals surface area contributed by atoms with Gasteiger partial charge in [-0.1, -0.05) is 52.0 Å². The second-order valence-electron chi connectivity index (χ2n) is 17.5. The fourth-order valence-corrected chi connectivity index (χ4v) is 9.79. The van der Waals surface area contributed by atoms with Crippen LogP contribution in [0.15, 0.2) is 48.5 Å². The molecular weight excluding hydrogens is 733 g/mol. The van der Waals surface area contributed by atoms with Crippen molar-refractivity contribution in [1.29, 1.82) is 0 Å². The lowest BCUT2D eigenvalue weighted by molar-refractivity contribution is -0.169. The molecule has 4 aliphatic rings. The predicted octanol–water partition coefficient (Wildman–Crippen LogP) is 5.66. The summed E-state index contributed by atoms with van der Waals surface area (Å²) in [6, 6.07) is 13.9. The standard InChI is InChI=1S/C36H40N2O8.2C2H6OS/c1-31-15-32(2,18-35(5,17-31)29(43)44)26(40)37(25(31)39)23-11-7-21(8-12-23)22-9-13-24(14-10-22)38-27(41)33(3)16-34(4,28(38)42)20-36(6,19-33)30(45)46;2*1-4(2)3/h7-14H,15-20H2,1-6H3,(H,43,44)(H,45,46);2*1-2H3/t31-,32+,33-,34+,35?,36?;;. The molecule has 0 aromatic heterocycles. The van der Waals surface area contributed by atoms with E-state index in [-0.39, 0.29) is 25.7 Å². The van der Waals surface area contributed by atoms with Crippen LogP contribution in [0.1, 0.15) is 80.1 Å². The van der Waals surface area contributed by atoms with E-state index >= 15 is 0 Å². The highest BCUT2D eigenvalue weighted by atomic mass is 32.2. The Hall–Kier alpha value is -4.04. The van der Waals surface area contributed by atoms with E-state index in [4.69, 9.17) is 0 Å². The zero-order valence-corrected chi connectivity index (χ0v) is 34.4. The zero-order chi connectivity index (χ0) is 41.0. The SMILES string of the molecule is CC1(C(=O)O)C[C@@]2(C)C[C@@](C)(C1)C(=O)N(c1ccc(-c3ccc(N4C(=O)[C@@]5(C)CC(C)(C(=O)O)C[C@](C)(C5)C4=O)cc3)cc1)C2=O.CS(C)=O.CS(C)=O. The maximum absolute atomic E-state index is 13.7. The van der Waals surface area contributed by atoms with E-state index in [0.29, 0.717) is 24.2 Å². The monoisotopic (exact) mass is 784 g/mol. The molecule has 2 unspecified atom stereocenters. The minimum atomic E-state index is -1.17. The molecule has 4 amide bonds. The Kier molecular flexibility index (Phi) is 11.5. The molecule has 12 nitrogen and oxygen atoms in total. The number of anilines is 2. The van der Waals surface area contributed by atoms with Gasteiger partial charge < -0.3 is 10.2 Å². The van der Waals surface area contributed by atoms with E-state index in [1.807, 2.05) is 0 Å². The van der Waals surface area contributed by atoms with Crippen molar-refractivity contribution in [3.05, 3.63) is 48.5 Å². The number of nitrogens with zero attached hydrogens (tertiary/aromatic N) is 2. The third-order valence-corrected chi connectivity index (χ3v) is 11.2.